The molecule has 0 bridgehead atoms. The zero-order chi connectivity index (χ0) is 11.3. The number of hydrogen-bond acceptors (Lipinski definition) is 4. The third-order valence-corrected chi connectivity index (χ3v) is 2.05. The topological polar surface area (TPSA) is 56.1 Å². The predicted octanol–water partition coefficient (Wildman–Crippen LogP) is -0.0825. The molecule has 0 aliphatic carbocycles. The Balaban J connectivity index is 2.99. The highest BCUT2D eigenvalue weighted by molar-refractivity contribution is 5.12. The fraction of sp³-hybridized carbons (Fsp3) is 0.600. The van der Waals surface area contributed by atoms with Crippen LogP contribution in [0.4, 0.5) is 0 Å². The molecule has 0 aromatic carbocycles. The van der Waals surface area contributed by atoms with E-state index in [-0.39, 0.29) is 5.56 Å². The molecule has 15 heavy (non-hydrogen) atoms. The number of aryl methyl sites for hydroxylation is 1. The summed E-state index contributed by atoms with van der Waals surface area (Å²) < 4.78 is 6.38. The third-order valence-electron chi connectivity index (χ3n) is 2.05. The molecule has 5 nitrogen and oxygen atoms in total. The second kappa shape index (κ2) is 5.63. The van der Waals surface area contributed by atoms with Gasteiger partial charge in [0.2, 0.25) is 0 Å². The van der Waals surface area contributed by atoms with Gasteiger partial charge in [0.1, 0.15) is 0 Å². The minimum atomic E-state index is -0.0491. The van der Waals surface area contributed by atoms with E-state index in [2.05, 4.69) is 10.4 Å². The van der Waals surface area contributed by atoms with Crippen LogP contribution in [0.5, 0.6) is 0 Å². The quantitative estimate of drug-likeness (QED) is 0.740. The molecule has 1 rings (SSSR count). The van der Waals surface area contributed by atoms with Crippen molar-refractivity contribution in [3.8, 4) is 0 Å². The number of ether oxygens (including phenoxy) is 1. The van der Waals surface area contributed by atoms with Crippen LogP contribution in [-0.4, -0.2) is 30.5 Å². The van der Waals surface area contributed by atoms with Crippen molar-refractivity contribution in [3.05, 3.63) is 27.7 Å². The SMILES string of the molecule is CNCc1cc(C)nn(CCOC)c1=O. The zero-order valence-corrected chi connectivity index (χ0v) is 9.41. The van der Waals surface area contributed by atoms with Crippen molar-refractivity contribution >= 4 is 0 Å². The Labute approximate surface area is 89.1 Å². The summed E-state index contributed by atoms with van der Waals surface area (Å²) in [6.07, 6.45) is 0. The smallest absolute Gasteiger partial charge is 0.271 e. The summed E-state index contributed by atoms with van der Waals surface area (Å²) in [4.78, 5) is 11.8. The van der Waals surface area contributed by atoms with Crippen LogP contribution >= 0.6 is 0 Å². The summed E-state index contributed by atoms with van der Waals surface area (Å²) in [5.41, 5.74) is 1.53. The Morgan fingerprint density at radius 3 is 2.93 bits per heavy atom. The van der Waals surface area contributed by atoms with Crippen LogP contribution in [-0.2, 0) is 17.8 Å². The molecule has 1 aromatic heterocycles. The Hall–Kier alpha value is -1.20. The molecular formula is C10H17N3O2. The first kappa shape index (κ1) is 11.9. The molecule has 0 spiro atoms. The first-order valence-electron chi connectivity index (χ1n) is 4.90. The molecule has 0 aliphatic heterocycles. The maximum atomic E-state index is 11.8. The van der Waals surface area contributed by atoms with Crippen LogP contribution in [0.2, 0.25) is 0 Å². The molecule has 0 unspecified atom stereocenters. The average molecular weight is 211 g/mol. The van der Waals surface area contributed by atoms with E-state index in [0.29, 0.717) is 19.7 Å². The van der Waals surface area contributed by atoms with Crippen LogP contribution in [0.3, 0.4) is 0 Å². The van der Waals surface area contributed by atoms with Crippen molar-refractivity contribution in [1.29, 1.82) is 0 Å². The summed E-state index contributed by atoms with van der Waals surface area (Å²) in [6, 6.07) is 1.81. The number of hydrogen-bond donors (Lipinski definition) is 1. The summed E-state index contributed by atoms with van der Waals surface area (Å²) in [5, 5.41) is 7.11. The molecule has 1 heterocycles. The molecule has 0 saturated carbocycles. The fourth-order valence-electron chi connectivity index (χ4n) is 1.39. The van der Waals surface area contributed by atoms with Crippen LogP contribution < -0.4 is 10.9 Å². The Morgan fingerprint density at radius 2 is 2.33 bits per heavy atom. The van der Waals surface area contributed by atoms with E-state index in [9.17, 15) is 4.79 Å². The van der Waals surface area contributed by atoms with E-state index in [4.69, 9.17) is 4.74 Å². The highest BCUT2D eigenvalue weighted by Gasteiger charge is 2.05. The maximum Gasteiger partial charge on any atom is 0.271 e. The van der Waals surface area contributed by atoms with E-state index < -0.39 is 0 Å². The Morgan fingerprint density at radius 1 is 1.60 bits per heavy atom. The van der Waals surface area contributed by atoms with Crippen molar-refractivity contribution in [2.24, 2.45) is 0 Å². The first-order valence-corrected chi connectivity index (χ1v) is 4.90. The fourth-order valence-corrected chi connectivity index (χ4v) is 1.39. The van der Waals surface area contributed by atoms with E-state index in [1.165, 1.54) is 4.68 Å². The molecule has 0 radical (unpaired) electrons. The molecule has 1 aromatic rings. The van der Waals surface area contributed by atoms with Crippen LogP contribution in [0.15, 0.2) is 10.9 Å². The lowest BCUT2D eigenvalue weighted by Gasteiger charge is -2.07. The molecule has 0 atom stereocenters. The van der Waals surface area contributed by atoms with Crippen molar-refractivity contribution < 1.29 is 4.74 Å². The predicted molar refractivity (Wildman–Crippen MR) is 57.9 cm³/mol. The zero-order valence-electron chi connectivity index (χ0n) is 9.41. The minimum Gasteiger partial charge on any atom is -0.383 e. The first-order chi connectivity index (χ1) is 7.19. The molecule has 0 amide bonds. The maximum absolute atomic E-state index is 11.8. The molecular weight excluding hydrogens is 194 g/mol. The summed E-state index contributed by atoms with van der Waals surface area (Å²) in [5.74, 6) is 0. The third kappa shape index (κ3) is 3.14. The molecule has 84 valence electrons. The number of nitrogens with one attached hydrogen (secondary N) is 1. The second-order valence-electron chi connectivity index (χ2n) is 3.36. The normalized spacial score (nSPS) is 10.6. The summed E-state index contributed by atoms with van der Waals surface area (Å²) in [7, 11) is 3.42. The van der Waals surface area contributed by atoms with Gasteiger partial charge in [-0.25, -0.2) is 4.68 Å². The lowest BCUT2D eigenvalue weighted by Crippen LogP contribution is -2.30. The highest BCUT2D eigenvalue weighted by atomic mass is 16.5. The summed E-state index contributed by atoms with van der Waals surface area (Å²) in [6.45, 7) is 3.43. The van der Waals surface area contributed by atoms with Crippen LogP contribution in [0.1, 0.15) is 11.3 Å². The van der Waals surface area contributed by atoms with E-state index in [1.807, 2.05) is 20.0 Å². The van der Waals surface area contributed by atoms with Gasteiger partial charge in [0, 0.05) is 19.2 Å². The minimum absolute atomic E-state index is 0.0491. The number of methoxy groups -OCH3 is 1. The lowest BCUT2D eigenvalue weighted by molar-refractivity contribution is 0.181. The van der Waals surface area contributed by atoms with Gasteiger partial charge in [0.05, 0.1) is 18.8 Å². The molecule has 5 heteroatoms. The standard InChI is InChI=1S/C10H17N3O2/c1-8-6-9(7-11-2)10(14)13(12-8)4-5-15-3/h6,11H,4-5,7H2,1-3H3. The van der Waals surface area contributed by atoms with Gasteiger partial charge in [-0.3, -0.25) is 4.79 Å². The molecule has 0 fully saturated rings. The van der Waals surface area contributed by atoms with Gasteiger partial charge in [0.15, 0.2) is 0 Å². The van der Waals surface area contributed by atoms with Gasteiger partial charge in [0.25, 0.3) is 5.56 Å². The van der Waals surface area contributed by atoms with Gasteiger partial charge < -0.3 is 10.1 Å². The largest absolute Gasteiger partial charge is 0.383 e. The number of nitrogens with zero attached hydrogens (tertiary/aromatic N) is 2. The Bertz CT molecular complexity index is 373. The second-order valence-corrected chi connectivity index (χ2v) is 3.36. The van der Waals surface area contributed by atoms with E-state index >= 15 is 0 Å². The number of aromatic nitrogens is 2. The van der Waals surface area contributed by atoms with Crippen LogP contribution in [0.25, 0.3) is 0 Å². The molecule has 0 saturated heterocycles. The monoisotopic (exact) mass is 211 g/mol. The Kier molecular flexibility index (Phi) is 4.45. The van der Waals surface area contributed by atoms with Gasteiger partial charge in [-0.2, -0.15) is 5.10 Å². The van der Waals surface area contributed by atoms with Crippen molar-refractivity contribution in [3.63, 3.8) is 0 Å². The van der Waals surface area contributed by atoms with Gasteiger partial charge in [-0.05, 0) is 20.0 Å². The van der Waals surface area contributed by atoms with Gasteiger partial charge in [-0.15, -0.1) is 0 Å². The van der Waals surface area contributed by atoms with E-state index in [1.54, 1.807) is 7.11 Å². The van der Waals surface area contributed by atoms with E-state index in [0.717, 1.165) is 11.3 Å². The van der Waals surface area contributed by atoms with Gasteiger partial charge in [-0.1, -0.05) is 0 Å². The van der Waals surface area contributed by atoms with Gasteiger partial charge >= 0.3 is 0 Å². The lowest BCUT2D eigenvalue weighted by atomic mass is 10.2. The summed E-state index contributed by atoms with van der Waals surface area (Å²) >= 11 is 0. The molecule has 1 N–H and O–H groups in total. The van der Waals surface area contributed by atoms with Crippen molar-refractivity contribution in [2.75, 3.05) is 20.8 Å². The number of rotatable bonds is 5. The van der Waals surface area contributed by atoms with Crippen LogP contribution in [0, 0.1) is 6.92 Å². The average Bonchev–Trinajstić information content (AvgIpc) is 2.21. The van der Waals surface area contributed by atoms with Crippen molar-refractivity contribution in [2.45, 2.75) is 20.0 Å². The van der Waals surface area contributed by atoms with Crippen molar-refractivity contribution in [1.82, 2.24) is 15.1 Å². The molecule has 0 aliphatic rings. The highest BCUT2D eigenvalue weighted by Crippen LogP contribution is 1.94.